The largest absolute Gasteiger partial charge is 0.497 e. The Balaban J connectivity index is 1.65. The average Bonchev–Trinajstić information content (AvgIpc) is 2.98. The lowest BCUT2D eigenvalue weighted by atomic mass is 9.75. The fourth-order valence-corrected chi connectivity index (χ4v) is 4.65. The van der Waals surface area contributed by atoms with Crippen molar-refractivity contribution in [2.45, 2.75) is 51.5 Å². The predicted molar refractivity (Wildman–Crippen MR) is 109 cm³/mol. The highest BCUT2D eigenvalue weighted by atomic mass is 16.5. The highest BCUT2D eigenvalue weighted by molar-refractivity contribution is 6.07. The molecule has 6 nitrogen and oxygen atoms in total. The van der Waals surface area contributed by atoms with E-state index in [1.807, 2.05) is 31.2 Å². The normalized spacial score (nSPS) is 23.9. The van der Waals surface area contributed by atoms with Crippen molar-refractivity contribution >= 4 is 11.9 Å². The molecular weight excluding hydrogens is 354 g/mol. The summed E-state index contributed by atoms with van der Waals surface area (Å²) in [6.07, 6.45) is 4.38. The van der Waals surface area contributed by atoms with Crippen LogP contribution in [0.4, 0.5) is 4.79 Å². The van der Waals surface area contributed by atoms with Crippen LogP contribution in [-0.2, 0) is 11.2 Å². The van der Waals surface area contributed by atoms with E-state index < -0.39 is 5.54 Å². The highest BCUT2D eigenvalue weighted by Crippen LogP contribution is 2.36. The smallest absolute Gasteiger partial charge is 0.325 e. The van der Waals surface area contributed by atoms with Crippen LogP contribution in [0, 0.1) is 5.92 Å². The van der Waals surface area contributed by atoms with Crippen molar-refractivity contribution in [3.63, 3.8) is 0 Å². The summed E-state index contributed by atoms with van der Waals surface area (Å²) in [6.45, 7) is 7.75. The molecular formula is C22H33N3O3. The zero-order valence-electron chi connectivity index (χ0n) is 17.4. The van der Waals surface area contributed by atoms with Gasteiger partial charge in [0.1, 0.15) is 11.3 Å². The van der Waals surface area contributed by atoms with Crippen LogP contribution < -0.4 is 10.1 Å². The molecule has 2 heterocycles. The van der Waals surface area contributed by atoms with Gasteiger partial charge in [-0.15, -0.1) is 0 Å². The Kier molecular flexibility index (Phi) is 6.60. The molecule has 2 saturated heterocycles. The summed E-state index contributed by atoms with van der Waals surface area (Å²) in [4.78, 5) is 29.8. The second-order valence-corrected chi connectivity index (χ2v) is 7.93. The standard InChI is InChI=1S/C22H33N3O3/c1-4-13-24-14-11-18(12-15-24)22(5-2)20(26)25(21(27)23-22)16-10-17-6-8-19(28-3)9-7-17/h6-9,18H,4-5,10-16H2,1-3H3,(H,23,27). The van der Waals surface area contributed by atoms with Crippen molar-refractivity contribution in [1.29, 1.82) is 0 Å². The molecule has 3 amide bonds. The fourth-order valence-electron chi connectivity index (χ4n) is 4.65. The Morgan fingerprint density at radius 1 is 1.11 bits per heavy atom. The molecule has 1 aromatic carbocycles. The van der Waals surface area contributed by atoms with Gasteiger partial charge in [-0.25, -0.2) is 4.79 Å². The summed E-state index contributed by atoms with van der Waals surface area (Å²) >= 11 is 0. The third-order valence-electron chi connectivity index (χ3n) is 6.37. The Labute approximate surface area is 168 Å². The van der Waals surface area contributed by atoms with E-state index in [-0.39, 0.29) is 17.9 Å². The van der Waals surface area contributed by atoms with Crippen LogP contribution in [0.15, 0.2) is 24.3 Å². The number of hydrogen-bond donors (Lipinski definition) is 1. The number of carbonyl (C=O) groups is 2. The Bertz CT molecular complexity index is 683. The van der Waals surface area contributed by atoms with E-state index in [0.29, 0.717) is 19.4 Å². The van der Waals surface area contributed by atoms with Crippen molar-refractivity contribution in [3.05, 3.63) is 29.8 Å². The maximum atomic E-state index is 13.3. The monoisotopic (exact) mass is 387 g/mol. The second-order valence-electron chi connectivity index (χ2n) is 7.93. The number of likely N-dealkylation sites (tertiary alicyclic amines) is 1. The van der Waals surface area contributed by atoms with Crippen LogP contribution in [0.5, 0.6) is 5.75 Å². The number of rotatable bonds is 8. The van der Waals surface area contributed by atoms with Crippen molar-refractivity contribution in [2.24, 2.45) is 5.92 Å². The molecule has 0 saturated carbocycles. The lowest BCUT2D eigenvalue weighted by Gasteiger charge is -2.40. The predicted octanol–water partition coefficient (Wildman–Crippen LogP) is 3.06. The maximum Gasteiger partial charge on any atom is 0.325 e. The quantitative estimate of drug-likeness (QED) is 0.697. The maximum absolute atomic E-state index is 13.3. The molecule has 154 valence electrons. The number of carbonyl (C=O) groups excluding carboxylic acids is 2. The van der Waals surface area contributed by atoms with Gasteiger partial charge in [-0.1, -0.05) is 26.0 Å². The lowest BCUT2D eigenvalue weighted by molar-refractivity contribution is -0.134. The molecule has 2 fully saturated rings. The minimum absolute atomic E-state index is 0.0394. The molecule has 0 bridgehead atoms. The molecule has 1 unspecified atom stereocenters. The molecule has 0 aromatic heterocycles. The van der Waals surface area contributed by atoms with Gasteiger partial charge in [0.2, 0.25) is 0 Å². The van der Waals surface area contributed by atoms with E-state index in [4.69, 9.17) is 4.74 Å². The SMILES string of the molecule is CCCN1CCC(C2(CC)NC(=O)N(CCc3ccc(OC)cc3)C2=O)CC1. The van der Waals surface area contributed by atoms with Crippen LogP contribution >= 0.6 is 0 Å². The first-order valence-electron chi connectivity index (χ1n) is 10.5. The van der Waals surface area contributed by atoms with Gasteiger partial charge < -0.3 is 15.0 Å². The van der Waals surface area contributed by atoms with Gasteiger partial charge in [-0.05, 0) is 75.4 Å². The Hall–Kier alpha value is -2.08. The first kappa shape index (κ1) is 20.6. The number of methoxy groups -OCH3 is 1. The van der Waals surface area contributed by atoms with Gasteiger partial charge in [0.15, 0.2) is 0 Å². The molecule has 1 aromatic rings. The topological polar surface area (TPSA) is 61.9 Å². The van der Waals surface area contributed by atoms with Crippen LogP contribution in [-0.4, -0.2) is 60.6 Å². The molecule has 1 N–H and O–H groups in total. The van der Waals surface area contributed by atoms with Gasteiger partial charge in [0, 0.05) is 6.54 Å². The van der Waals surface area contributed by atoms with Crippen LogP contribution in [0.3, 0.4) is 0 Å². The van der Waals surface area contributed by atoms with E-state index >= 15 is 0 Å². The van der Waals surface area contributed by atoms with Crippen LogP contribution in [0.25, 0.3) is 0 Å². The summed E-state index contributed by atoms with van der Waals surface area (Å²) < 4.78 is 5.18. The number of nitrogens with one attached hydrogen (secondary N) is 1. The number of benzene rings is 1. The minimum atomic E-state index is -0.727. The number of imide groups is 1. The van der Waals surface area contributed by atoms with Crippen molar-refractivity contribution in [2.75, 3.05) is 33.3 Å². The zero-order chi connectivity index (χ0) is 20.1. The number of amides is 3. The third kappa shape index (κ3) is 4.02. The summed E-state index contributed by atoms with van der Waals surface area (Å²) in [5, 5.41) is 3.09. The summed E-state index contributed by atoms with van der Waals surface area (Å²) in [5.74, 6) is 0.980. The van der Waals surface area contributed by atoms with Crippen LogP contribution in [0.2, 0.25) is 0 Å². The molecule has 2 aliphatic rings. The van der Waals surface area contributed by atoms with Gasteiger partial charge in [0.25, 0.3) is 5.91 Å². The first-order valence-corrected chi connectivity index (χ1v) is 10.5. The first-order chi connectivity index (χ1) is 13.5. The summed E-state index contributed by atoms with van der Waals surface area (Å²) in [7, 11) is 1.64. The summed E-state index contributed by atoms with van der Waals surface area (Å²) in [6, 6.07) is 7.53. The molecule has 3 rings (SSSR count). The highest BCUT2D eigenvalue weighted by Gasteiger charge is 2.54. The lowest BCUT2D eigenvalue weighted by Crippen LogP contribution is -2.55. The van der Waals surface area contributed by atoms with E-state index in [2.05, 4.69) is 17.1 Å². The van der Waals surface area contributed by atoms with Crippen molar-refractivity contribution in [3.8, 4) is 5.75 Å². The van der Waals surface area contributed by atoms with Crippen LogP contribution in [0.1, 0.15) is 45.1 Å². The molecule has 0 aliphatic carbocycles. The molecule has 2 aliphatic heterocycles. The van der Waals surface area contributed by atoms with E-state index in [0.717, 1.165) is 50.2 Å². The third-order valence-corrected chi connectivity index (χ3v) is 6.37. The number of urea groups is 1. The molecule has 0 spiro atoms. The van der Waals surface area contributed by atoms with Gasteiger partial charge >= 0.3 is 6.03 Å². The molecule has 1 atom stereocenters. The number of nitrogens with zero attached hydrogens (tertiary/aromatic N) is 2. The fraction of sp³-hybridized carbons (Fsp3) is 0.636. The molecule has 0 radical (unpaired) electrons. The molecule has 28 heavy (non-hydrogen) atoms. The zero-order valence-corrected chi connectivity index (χ0v) is 17.4. The van der Waals surface area contributed by atoms with Gasteiger partial charge in [0.05, 0.1) is 7.11 Å². The van der Waals surface area contributed by atoms with Gasteiger partial charge in [-0.3, -0.25) is 9.69 Å². The number of piperidine rings is 1. The Morgan fingerprint density at radius 3 is 2.36 bits per heavy atom. The Morgan fingerprint density at radius 2 is 1.79 bits per heavy atom. The van der Waals surface area contributed by atoms with Gasteiger partial charge in [-0.2, -0.15) is 0 Å². The minimum Gasteiger partial charge on any atom is -0.497 e. The van der Waals surface area contributed by atoms with E-state index in [9.17, 15) is 9.59 Å². The van der Waals surface area contributed by atoms with Crippen molar-refractivity contribution in [1.82, 2.24) is 15.1 Å². The van der Waals surface area contributed by atoms with E-state index in [1.165, 1.54) is 4.90 Å². The average molecular weight is 388 g/mol. The number of hydrogen-bond acceptors (Lipinski definition) is 4. The summed E-state index contributed by atoms with van der Waals surface area (Å²) in [5.41, 5.74) is 0.359. The second kappa shape index (κ2) is 8.95. The van der Waals surface area contributed by atoms with E-state index in [1.54, 1.807) is 7.11 Å². The number of ether oxygens (including phenoxy) is 1. The van der Waals surface area contributed by atoms with Crippen molar-refractivity contribution < 1.29 is 14.3 Å². The molecule has 6 heteroatoms.